The van der Waals surface area contributed by atoms with Crippen LogP contribution in [0.25, 0.3) is 0 Å². The molecule has 0 bridgehead atoms. The van der Waals surface area contributed by atoms with Crippen molar-refractivity contribution in [3.8, 4) is 0 Å². The van der Waals surface area contributed by atoms with E-state index in [1.165, 1.54) is 19.3 Å². The van der Waals surface area contributed by atoms with Crippen LogP contribution in [0.3, 0.4) is 0 Å². The van der Waals surface area contributed by atoms with Gasteiger partial charge < -0.3 is 9.64 Å². The second-order valence-electron chi connectivity index (χ2n) is 3.94. The van der Waals surface area contributed by atoms with Crippen LogP contribution in [-0.4, -0.2) is 37.7 Å². The molecule has 2 rings (SSSR count). The van der Waals surface area contributed by atoms with E-state index in [1.54, 1.807) is 0 Å². The molecule has 0 aromatic rings. The lowest BCUT2D eigenvalue weighted by Gasteiger charge is -2.49. The molecule has 64 valence electrons. The van der Waals surface area contributed by atoms with Gasteiger partial charge in [0.15, 0.2) is 0 Å². The lowest BCUT2D eigenvalue weighted by atomic mass is 9.73. The molecule has 1 aliphatic heterocycles. The number of methoxy groups -OCH3 is 1. The lowest BCUT2D eigenvalue weighted by molar-refractivity contribution is -0.0513. The van der Waals surface area contributed by atoms with Gasteiger partial charge in [-0.15, -0.1) is 0 Å². The zero-order valence-electron chi connectivity index (χ0n) is 7.42. The third-order valence-corrected chi connectivity index (χ3v) is 3.33. The Hall–Kier alpha value is -0.0800. The quantitative estimate of drug-likeness (QED) is 0.562. The van der Waals surface area contributed by atoms with E-state index in [9.17, 15) is 0 Å². The van der Waals surface area contributed by atoms with E-state index in [0.717, 1.165) is 18.5 Å². The first-order valence-electron chi connectivity index (χ1n) is 4.54. The molecule has 0 spiro atoms. The Morgan fingerprint density at radius 3 is 2.64 bits per heavy atom. The number of rotatable bonds is 1. The summed E-state index contributed by atoms with van der Waals surface area (Å²) in [4.78, 5) is 2.46. The molecule has 3 unspecified atom stereocenters. The van der Waals surface area contributed by atoms with Crippen LogP contribution in [0, 0.1) is 5.92 Å². The summed E-state index contributed by atoms with van der Waals surface area (Å²) in [6, 6.07) is 0.890. The molecule has 1 aliphatic carbocycles. The largest absolute Gasteiger partial charge is 0.380 e. The highest BCUT2D eigenvalue weighted by Gasteiger charge is 2.39. The Balaban J connectivity index is 1.95. The molecular weight excluding hydrogens is 138 g/mol. The number of hydrogen-bond donors (Lipinski definition) is 0. The minimum absolute atomic E-state index is 0.501. The Morgan fingerprint density at radius 2 is 2.18 bits per heavy atom. The van der Waals surface area contributed by atoms with E-state index in [-0.39, 0.29) is 0 Å². The zero-order valence-corrected chi connectivity index (χ0v) is 7.42. The van der Waals surface area contributed by atoms with Gasteiger partial charge >= 0.3 is 0 Å². The number of nitrogens with zero attached hydrogens (tertiary/aromatic N) is 1. The SMILES string of the molecule is COC1CC2CCC2N(C)C1. The maximum absolute atomic E-state index is 5.37. The average Bonchev–Trinajstić information content (AvgIpc) is 1.93. The van der Waals surface area contributed by atoms with Crippen molar-refractivity contribution >= 4 is 0 Å². The number of hydrogen-bond acceptors (Lipinski definition) is 2. The fraction of sp³-hybridized carbons (Fsp3) is 1.00. The molecular formula is C9H17NO. The highest BCUT2D eigenvalue weighted by molar-refractivity contribution is 4.94. The van der Waals surface area contributed by atoms with Gasteiger partial charge in [0.2, 0.25) is 0 Å². The molecule has 11 heavy (non-hydrogen) atoms. The Kier molecular flexibility index (Phi) is 1.90. The number of piperidine rings is 1. The van der Waals surface area contributed by atoms with E-state index in [2.05, 4.69) is 11.9 Å². The predicted octanol–water partition coefficient (Wildman–Crippen LogP) is 1.12. The van der Waals surface area contributed by atoms with Crippen LogP contribution < -0.4 is 0 Å². The topological polar surface area (TPSA) is 12.5 Å². The number of likely N-dealkylation sites (N-methyl/N-ethyl adjacent to an activating group) is 1. The summed E-state index contributed by atoms with van der Waals surface area (Å²) < 4.78 is 5.37. The van der Waals surface area contributed by atoms with E-state index in [0.29, 0.717) is 6.10 Å². The van der Waals surface area contributed by atoms with Crippen molar-refractivity contribution in [3.63, 3.8) is 0 Å². The Morgan fingerprint density at radius 1 is 1.36 bits per heavy atom. The van der Waals surface area contributed by atoms with Crippen molar-refractivity contribution in [2.75, 3.05) is 20.7 Å². The molecule has 2 aliphatic rings. The molecule has 0 N–H and O–H groups in total. The van der Waals surface area contributed by atoms with Gasteiger partial charge in [0.1, 0.15) is 0 Å². The molecule has 0 aromatic carbocycles. The van der Waals surface area contributed by atoms with Gasteiger partial charge in [-0.25, -0.2) is 0 Å². The average molecular weight is 155 g/mol. The van der Waals surface area contributed by atoms with Crippen molar-refractivity contribution in [3.05, 3.63) is 0 Å². The van der Waals surface area contributed by atoms with Gasteiger partial charge in [-0.3, -0.25) is 0 Å². The number of fused-ring (bicyclic) bond motifs is 1. The highest BCUT2D eigenvalue weighted by atomic mass is 16.5. The van der Waals surface area contributed by atoms with Crippen molar-refractivity contribution < 1.29 is 4.74 Å². The molecule has 3 atom stereocenters. The monoisotopic (exact) mass is 155 g/mol. The molecule has 2 nitrogen and oxygen atoms in total. The van der Waals surface area contributed by atoms with Crippen LogP contribution >= 0.6 is 0 Å². The summed E-state index contributed by atoms with van der Waals surface area (Å²) in [5.74, 6) is 0.943. The predicted molar refractivity (Wildman–Crippen MR) is 44.6 cm³/mol. The van der Waals surface area contributed by atoms with Crippen molar-refractivity contribution in [1.82, 2.24) is 4.90 Å². The summed E-state index contributed by atoms with van der Waals surface area (Å²) in [6.07, 6.45) is 4.64. The van der Waals surface area contributed by atoms with Crippen LogP contribution in [0.5, 0.6) is 0 Å². The van der Waals surface area contributed by atoms with Crippen LogP contribution in [0.4, 0.5) is 0 Å². The van der Waals surface area contributed by atoms with Crippen LogP contribution in [-0.2, 0) is 4.74 Å². The first-order valence-corrected chi connectivity index (χ1v) is 4.54. The van der Waals surface area contributed by atoms with Gasteiger partial charge in [-0.2, -0.15) is 0 Å². The van der Waals surface area contributed by atoms with Crippen molar-refractivity contribution in [2.24, 2.45) is 5.92 Å². The van der Waals surface area contributed by atoms with E-state index < -0.39 is 0 Å². The van der Waals surface area contributed by atoms with Gasteiger partial charge in [-0.1, -0.05) is 0 Å². The van der Waals surface area contributed by atoms with Gasteiger partial charge in [-0.05, 0) is 32.2 Å². The van der Waals surface area contributed by atoms with Crippen molar-refractivity contribution in [1.29, 1.82) is 0 Å². The number of likely N-dealkylation sites (tertiary alicyclic amines) is 1. The summed E-state index contributed by atoms with van der Waals surface area (Å²) in [5, 5.41) is 0. The summed E-state index contributed by atoms with van der Waals surface area (Å²) in [7, 11) is 4.06. The third kappa shape index (κ3) is 1.18. The molecule has 2 fully saturated rings. The second-order valence-corrected chi connectivity index (χ2v) is 3.94. The molecule has 0 aromatic heterocycles. The van der Waals surface area contributed by atoms with E-state index >= 15 is 0 Å². The van der Waals surface area contributed by atoms with E-state index in [4.69, 9.17) is 4.74 Å². The Labute approximate surface area is 68.5 Å². The minimum Gasteiger partial charge on any atom is -0.380 e. The zero-order chi connectivity index (χ0) is 7.84. The van der Waals surface area contributed by atoms with Crippen LogP contribution in [0.15, 0.2) is 0 Å². The fourth-order valence-corrected chi connectivity index (χ4v) is 2.45. The molecule has 2 heteroatoms. The number of ether oxygens (including phenoxy) is 1. The summed E-state index contributed by atoms with van der Waals surface area (Å²) in [5.41, 5.74) is 0. The maximum Gasteiger partial charge on any atom is 0.0701 e. The molecule has 1 heterocycles. The fourth-order valence-electron chi connectivity index (χ4n) is 2.45. The van der Waals surface area contributed by atoms with Gasteiger partial charge in [0, 0.05) is 19.7 Å². The first kappa shape index (κ1) is 7.56. The standard InChI is InChI=1S/C9H17NO/c1-10-6-8(11-2)5-7-3-4-9(7)10/h7-9H,3-6H2,1-2H3. The van der Waals surface area contributed by atoms with Crippen LogP contribution in [0.1, 0.15) is 19.3 Å². The first-order chi connectivity index (χ1) is 5.31. The second kappa shape index (κ2) is 2.76. The summed E-state index contributed by atoms with van der Waals surface area (Å²) in [6.45, 7) is 1.14. The van der Waals surface area contributed by atoms with Crippen molar-refractivity contribution in [2.45, 2.75) is 31.4 Å². The normalized spacial score (nSPS) is 44.7. The van der Waals surface area contributed by atoms with Crippen LogP contribution in [0.2, 0.25) is 0 Å². The molecule has 0 amide bonds. The Bertz CT molecular complexity index is 138. The molecule has 1 saturated heterocycles. The van der Waals surface area contributed by atoms with E-state index in [1.807, 2.05) is 7.11 Å². The van der Waals surface area contributed by atoms with Gasteiger partial charge in [0.25, 0.3) is 0 Å². The third-order valence-electron chi connectivity index (χ3n) is 3.33. The highest BCUT2D eigenvalue weighted by Crippen LogP contribution is 2.38. The summed E-state index contributed by atoms with van der Waals surface area (Å²) >= 11 is 0. The molecule has 1 saturated carbocycles. The minimum atomic E-state index is 0.501. The smallest absolute Gasteiger partial charge is 0.0701 e. The maximum atomic E-state index is 5.37. The van der Waals surface area contributed by atoms with Gasteiger partial charge in [0.05, 0.1) is 6.10 Å². The lowest BCUT2D eigenvalue weighted by Crippen LogP contribution is -2.54. The molecule has 0 radical (unpaired) electrons.